The summed E-state index contributed by atoms with van der Waals surface area (Å²) in [6.45, 7) is -0.318. The van der Waals surface area contributed by atoms with Crippen LogP contribution in [0.25, 0.3) is 0 Å². The standard InChI is InChI=1S/C22H21F3N2O4/c23-15-7-5-14(6-8-15)19-16-4-2-1-3-13(16)9-10-27(19)20(28)17-11-22(24,25)18(12-31-17)26-21(29)30/h1-8,17-19,26H,9-12H2,(H,29,30)/t17-,18-,19-/m0/s1. The number of rotatable bonds is 3. The highest BCUT2D eigenvalue weighted by molar-refractivity contribution is 5.82. The van der Waals surface area contributed by atoms with Gasteiger partial charge in [0.2, 0.25) is 0 Å². The predicted octanol–water partition coefficient (Wildman–Crippen LogP) is 3.36. The van der Waals surface area contributed by atoms with Crippen molar-refractivity contribution in [2.24, 2.45) is 0 Å². The van der Waals surface area contributed by atoms with Crippen molar-refractivity contribution >= 4 is 12.0 Å². The maximum atomic E-state index is 14.5. The Hall–Kier alpha value is -3.07. The van der Waals surface area contributed by atoms with Gasteiger partial charge in [0, 0.05) is 13.0 Å². The van der Waals surface area contributed by atoms with E-state index in [4.69, 9.17) is 9.84 Å². The Bertz CT molecular complexity index is 983. The first-order valence-corrected chi connectivity index (χ1v) is 9.89. The second-order valence-electron chi connectivity index (χ2n) is 7.72. The zero-order chi connectivity index (χ0) is 22.2. The van der Waals surface area contributed by atoms with E-state index in [0.29, 0.717) is 18.5 Å². The van der Waals surface area contributed by atoms with Crippen LogP contribution in [0, 0.1) is 5.82 Å². The van der Waals surface area contributed by atoms with Crippen LogP contribution in [0.15, 0.2) is 48.5 Å². The van der Waals surface area contributed by atoms with E-state index in [1.165, 1.54) is 17.0 Å². The molecule has 0 unspecified atom stereocenters. The Morgan fingerprint density at radius 2 is 1.84 bits per heavy atom. The number of hydrogen-bond donors (Lipinski definition) is 2. The van der Waals surface area contributed by atoms with E-state index >= 15 is 0 Å². The van der Waals surface area contributed by atoms with Gasteiger partial charge in [-0.15, -0.1) is 0 Å². The fourth-order valence-electron chi connectivity index (χ4n) is 4.23. The number of alkyl halides is 2. The first-order valence-electron chi connectivity index (χ1n) is 9.89. The molecule has 2 amide bonds. The summed E-state index contributed by atoms with van der Waals surface area (Å²) in [4.78, 5) is 25.5. The molecule has 164 valence electrons. The number of halogens is 3. The topological polar surface area (TPSA) is 78.9 Å². The molecule has 0 saturated carbocycles. The first-order chi connectivity index (χ1) is 14.8. The molecule has 2 N–H and O–H groups in total. The van der Waals surface area contributed by atoms with Gasteiger partial charge >= 0.3 is 6.09 Å². The fraction of sp³-hybridized carbons (Fsp3) is 0.364. The Kier molecular flexibility index (Phi) is 5.62. The van der Waals surface area contributed by atoms with Crippen molar-refractivity contribution in [3.63, 3.8) is 0 Å². The summed E-state index contributed by atoms with van der Waals surface area (Å²) < 4.78 is 47.8. The number of hydrogen-bond acceptors (Lipinski definition) is 3. The Balaban J connectivity index is 1.62. The van der Waals surface area contributed by atoms with Crippen molar-refractivity contribution in [3.05, 3.63) is 71.0 Å². The Morgan fingerprint density at radius 3 is 2.52 bits per heavy atom. The smallest absolute Gasteiger partial charge is 0.405 e. The van der Waals surface area contributed by atoms with E-state index in [0.717, 1.165) is 11.1 Å². The molecule has 6 nitrogen and oxygen atoms in total. The summed E-state index contributed by atoms with van der Waals surface area (Å²) in [6, 6.07) is 11.0. The minimum absolute atomic E-state index is 0.292. The fourth-order valence-corrected chi connectivity index (χ4v) is 4.23. The normalized spacial score (nSPS) is 24.9. The average Bonchev–Trinajstić information content (AvgIpc) is 2.74. The van der Waals surface area contributed by atoms with Crippen LogP contribution in [0.5, 0.6) is 0 Å². The summed E-state index contributed by atoms with van der Waals surface area (Å²) in [7, 11) is 0. The molecular weight excluding hydrogens is 413 g/mol. The molecule has 4 rings (SSSR count). The quantitative estimate of drug-likeness (QED) is 0.777. The van der Waals surface area contributed by atoms with Crippen LogP contribution in [0.1, 0.15) is 29.2 Å². The number of ether oxygens (including phenoxy) is 1. The van der Waals surface area contributed by atoms with Crippen LogP contribution in [0.2, 0.25) is 0 Å². The molecule has 2 aliphatic heterocycles. The van der Waals surface area contributed by atoms with Gasteiger partial charge in [0.15, 0.2) is 0 Å². The largest absolute Gasteiger partial charge is 0.465 e. The van der Waals surface area contributed by atoms with E-state index < -0.39 is 55.0 Å². The van der Waals surface area contributed by atoms with Gasteiger partial charge in [-0.25, -0.2) is 18.0 Å². The first kappa shape index (κ1) is 21.2. The molecule has 0 aromatic heterocycles. The molecule has 2 aromatic rings. The molecule has 1 fully saturated rings. The minimum atomic E-state index is -3.43. The van der Waals surface area contributed by atoms with E-state index in [2.05, 4.69) is 0 Å². The molecule has 2 aliphatic rings. The molecule has 0 aliphatic carbocycles. The minimum Gasteiger partial charge on any atom is -0.465 e. The lowest BCUT2D eigenvalue weighted by Crippen LogP contribution is -2.58. The molecule has 1 saturated heterocycles. The van der Waals surface area contributed by atoms with Gasteiger partial charge in [0.05, 0.1) is 12.6 Å². The number of carboxylic acid groups (broad SMARTS) is 1. The highest BCUT2D eigenvalue weighted by Gasteiger charge is 2.50. The van der Waals surface area contributed by atoms with Crippen molar-refractivity contribution in [1.29, 1.82) is 0 Å². The van der Waals surface area contributed by atoms with Crippen LogP contribution in [-0.4, -0.2) is 53.2 Å². The van der Waals surface area contributed by atoms with E-state index in [1.54, 1.807) is 17.4 Å². The van der Waals surface area contributed by atoms with Crippen molar-refractivity contribution in [3.8, 4) is 0 Å². The molecule has 3 atom stereocenters. The van der Waals surface area contributed by atoms with Gasteiger partial charge in [-0.2, -0.15) is 0 Å². The summed E-state index contributed by atoms with van der Waals surface area (Å²) >= 11 is 0. The molecule has 2 aromatic carbocycles. The zero-order valence-corrected chi connectivity index (χ0v) is 16.4. The van der Waals surface area contributed by atoms with Gasteiger partial charge in [0.1, 0.15) is 18.0 Å². The van der Waals surface area contributed by atoms with Crippen LogP contribution < -0.4 is 5.32 Å². The zero-order valence-electron chi connectivity index (χ0n) is 16.4. The third-order valence-electron chi connectivity index (χ3n) is 5.76. The number of carbonyl (C=O) groups excluding carboxylic acids is 1. The van der Waals surface area contributed by atoms with Crippen molar-refractivity contribution in [2.45, 2.75) is 37.0 Å². The van der Waals surface area contributed by atoms with Gasteiger partial charge < -0.3 is 20.1 Å². The van der Waals surface area contributed by atoms with Crippen LogP contribution in [-0.2, 0) is 16.0 Å². The summed E-state index contributed by atoms with van der Waals surface area (Å²) in [6.07, 6.45) is -3.37. The average molecular weight is 434 g/mol. The van der Waals surface area contributed by atoms with Crippen LogP contribution in [0.3, 0.4) is 0 Å². The van der Waals surface area contributed by atoms with Gasteiger partial charge in [-0.1, -0.05) is 36.4 Å². The Labute approximate surface area is 176 Å². The third kappa shape index (κ3) is 4.23. The van der Waals surface area contributed by atoms with E-state index in [1.807, 2.05) is 24.3 Å². The molecule has 2 heterocycles. The third-order valence-corrected chi connectivity index (χ3v) is 5.76. The lowest BCUT2D eigenvalue weighted by molar-refractivity contribution is -0.175. The lowest BCUT2D eigenvalue weighted by Gasteiger charge is -2.42. The number of nitrogens with zero attached hydrogens (tertiary/aromatic N) is 1. The molecule has 0 bridgehead atoms. The molecule has 31 heavy (non-hydrogen) atoms. The molecule has 0 radical (unpaired) electrons. The summed E-state index contributed by atoms with van der Waals surface area (Å²) in [5.74, 6) is -4.45. The van der Waals surface area contributed by atoms with Crippen LogP contribution >= 0.6 is 0 Å². The molecule has 9 heteroatoms. The summed E-state index contributed by atoms with van der Waals surface area (Å²) in [5, 5.41) is 10.5. The van der Waals surface area contributed by atoms with Gasteiger partial charge in [-0.3, -0.25) is 4.79 Å². The van der Waals surface area contributed by atoms with Crippen molar-refractivity contribution in [1.82, 2.24) is 10.2 Å². The second kappa shape index (κ2) is 8.22. The van der Waals surface area contributed by atoms with Crippen molar-refractivity contribution in [2.75, 3.05) is 13.2 Å². The monoisotopic (exact) mass is 434 g/mol. The van der Waals surface area contributed by atoms with Crippen molar-refractivity contribution < 1.29 is 32.6 Å². The second-order valence-corrected chi connectivity index (χ2v) is 7.72. The Morgan fingerprint density at radius 1 is 1.13 bits per heavy atom. The lowest BCUT2D eigenvalue weighted by atomic mass is 9.87. The van der Waals surface area contributed by atoms with Crippen LogP contribution in [0.4, 0.5) is 18.0 Å². The maximum Gasteiger partial charge on any atom is 0.405 e. The predicted molar refractivity (Wildman–Crippen MR) is 104 cm³/mol. The van der Waals surface area contributed by atoms with Gasteiger partial charge in [-0.05, 0) is 35.2 Å². The highest BCUT2D eigenvalue weighted by Crippen LogP contribution is 2.38. The molecule has 0 spiro atoms. The molecular formula is C22H21F3N2O4. The number of benzene rings is 2. The maximum absolute atomic E-state index is 14.5. The van der Waals surface area contributed by atoms with E-state index in [9.17, 15) is 22.8 Å². The number of amides is 2. The van der Waals surface area contributed by atoms with Gasteiger partial charge in [0.25, 0.3) is 11.8 Å². The SMILES string of the molecule is O=C(O)N[C@H]1CO[C@H](C(=O)N2CCc3ccccc3[C@@H]2c2ccc(F)cc2)CC1(F)F. The van der Waals surface area contributed by atoms with E-state index in [-0.39, 0.29) is 0 Å². The number of fused-ring (bicyclic) bond motifs is 1. The highest BCUT2D eigenvalue weighted by atomic mass is 19.3. The number of carbonyl (C=O) groups is 2. The number of nitrogens with one attached hydrogen (secondary N) is 1. The summed E-state index contributed by atoms with van der Waals surface area (Å²) in [5.41, 5.74) is 2.54.